The Morgan fingerprint density at radius 1 is 1.35 bits per heavy atom. The standard InChI is InChI=1S/C14H27N3OS.HI/c1-5-15-12(16-8-14(4)10-18-11-14)17-6-7-19-13(2,3)9-17;/h5-11H2,1-4H3,(H,15,16);1H. The zero-order valence-electron chi connectivity index (χ0n) is 13.1. The highest BCUT2D eigenvalue weighted by Gasteiger charge is 2.34. The van der Waals surface area contributed by atoms with E-state index >= 15 is 0 Å². The minimum Gasteiger partial charge on any atom is -0.380 e. The highest BCUT2D eigenvalue weighted by atomic mass is 127. The van der Waals surface area contributed by atoms with Gasteiger partial charge in [-0.2, -0.15) is 11.8 Å². The van der Waals surface area contributed by atoms with Crippen molar-refractivity contribution in [1.29, 1.82) is 0 Å². The van der Waals surface area contributed by atoms with Gasteiger partial charge in [-0.25, -0.2) is 0 Å². The van der Waals surface area contributed by atoms with E-state index in [0.29, 0.717) is 4.75 Å². The molecular weight excluding hydrogens is 385 g/mol. The molecule has 2 aliphatic heterocycles. The maximum atomic E-state index is 5.30. The normalized spacial score (nSPS) is 24.6. The summed E-state index contributed by atoms with van der Waals surface area (Å²) in [7, 11) is 0. The molecule has 0 aromatic rings. The van der Waals surface area contributed by atoms with Gasteiger partial charge in [0.15, 0.2) is 5.96 Å². The van der Waals surface area contributed by atoms with Gasteiger partial charge in [-0.05, 0) is 20.8 Å². The van der Waals surface area contributed by atoms with E-state index in [1.807, 2.05) is 0 Å². The first-order valence-electron chi connectivity index (χ1n) is 7.19. The molecule has 0 unspecified atom stereocenters. The van der Waals surface area contributed by atoms with Crippen molar-refractivity contribution in [3.05, 3.63) is 0 Å². The van der Waals surface area contributed by atoms with Crippen LogP contribution in [0.3, 0.4) is 0 Å². The molecule has 2 fully saturated rings. The van der Waals surface area contributed by atoms with E-state index in [4.69, 9.17) is 9.73 Å². The van der Waals surface area contributed by atoms with E-state index in [1.54, 1.807) is 0 Å². The Kier molecular flexibility index (Phi) is 6.92. The summed E-state index contributed by atoms with van der Waals surface area (Å²) < 4.78 is 5.62. The van der Waals surface area contributed by atoms with Gasteiger partial charge in [0.1, 0.15) is 0 Å². The van der Waals surface area contributed by atoms with Crippen molar-refractivity contribution in [2.45, 2.75) is 32.4 Å². The van der Waals surface area contributed by atoms with Gasteiger partial charge in [-0.15, -0.1) is 24.0 Å². The van der Waals surface area contributed by atoms with Crippen LogP contribution < -0.4 is 5.32 Å². The molecule has 6 heteroatoms. The van der Waals surface area contributed by atoms with Gasteiger partial charge >= 0.3 is 0 Å². The molecule has 0 aliphatic carbocycles. The highest BCUT2D eigenvalue weighted by Crippen LogP contribution is 2.30. The third-order valence-corrected chi connectivity index (χ3v) is 4.87. The summed E-state index contributed by atoms with van der Waals surface area (Å²) >= 11 is 2.05. The molecule has 118 valence electrons. The monoisotopic (exact) mass is 413 g/mol. The Hall–Kier alpha value is 0.310. The minimum absolute atomic E-state index is 0. The molecule has 0 atom stereocenters. The van der Waals surface area contributed by atoms with Crippen LogP contribution in [0.15, 0.2) is 4.99 Å². The molecule has 2 aliphatic rings. The molecule has 2 saturated heterocycles. The average molecular weight is 413 g/mol. The van der Waals surface area contributed by atoms with Gasteiger partial charge in [0.05, 0.1) is 19.8 Å². The first-order chi connectivity index (χ1) is 8.94. The summed E-state index contributed by atoms with van der Waals surface area (Å²) in [5.41, 5.74) is 0.251. The molecular formula is C14H28IN3OS. The second-order valence-corrected chi connectivity index (χ2v) is 8.31. The van der Waals surface area contributed by atoms with E-state index < -0.39 is 0 Å². The van der Waals surface area contributed by atoms with E-state index in [1.165, 1.54) is 5.75 Å². The average Bonchev–Trinajstić information content (AvgIpc) is 2.31. The molecule has 0 spiro atoms. The number of nitrogens with zero attached hydrogens (tertiary/aromatic N) is 2. The fraction of sp³-hybridized carbons (Fsp3) is 0.929. The predicted octanol–water partition coefficient (Wildman–Crippen LogP) is 2.43. The number of hydrogen-bond acceptors (Lipinski definition) is 3. The molecule has 0 aromatic heterocycles. The van der Waals surface area contributed by atoms with E-state index in [9.17, 15) is 0 Å². The maximum Gasteiger partial charge on any atom is 0.194 e. The van der Waals surface area contributed by atoms with Crippen molar-refractivity contribution in [2.75, 3.05) is 45.1 Å². The first kappa shape index (κ1) is 18.4. The second kappa shape index (κ2) is 7.54. The van der Waals surface area contributed by atoms with Crippen molar-refractivity contribution in [2.24, 2.45) is 10.4 Å². The fourth-order valence-electron chi connectivity index (χ4n) is 2.43. The van der Waals surface area contributed by atoms with Crippen LogP contribution >= 0.6 is 35.7 Å². The summed E-state index contributed by atoms with van der Waals surface area (Å²) in [4.78, 5) is 7.24. The summed E-state index contributed by atoms with van der Waals surface area (Å²) in [6, 6.07) is 0. The Morgan fingerprint density at radius 2 is 2.05 bits per heavy atom. The zero-order chi connectivity index (χ0) is 13.9. The van der Waals surface area contributed by atoms with Crippen molar-refractivity contribution in [3.63, 3.8) is 0 Å². The van der Waals surface area contributed by atoms with Crippen molar-refractivity contribution in [1.82, 2.24) is 10.2 Å². The lowest BCUT2D eigenvalue weighted by Gasteiger charge is -2.40. The number of thioether (sulfide) groups is 1. The van der Waals surface area contributed by atoms with Gasteiger partial charge < -0.3 is 15.0 Å². The predicted molar refractivity (Wildman–Crippen MR) is 98.4 cm³/mol. The van der Waals surface area contributed by atoms with Gasteiger partial charge in [0, 0.05) is 35.5 Å². The summed E-state index contributed by atoms with van der Waals surface area (Å²) in [6.07, 6.45) is 0. The van der Waals surface area contributed by atoms with Crippen LogP contribution in [0.1, 0.15) is 27.7 Å². The van der Waals surface area contributed by atoms with Gasteiger partial charge in [-0.3, -0.25) is 4.99 Å². The van der Waals surface area contributed by atoms with Gasteiger partial charge in [0.2, 0.25) is 0 Å². The van der Waals surface area contributed by atoms with Crippen LogP contribution in [0.4, 0.5) is 0 Å². The number of rotatable bonds is 3. The highest BCUT2D eigenvalue weighted by molar-refractivity contribution is 14.0. The van der Waals surface area contributed by atoms with Crippen molar-refractivity contribution in [3.8, 4) is 0 Å². The van der Waals surface area contributed by atoms with Crippen LogP contribution in [-0.2, 0) is 4.74 Å². The quantitative estimate of drug-likeness (QED) is 0.438. The lowest BCUT2D eigenvalue weighted by molar-refractivity contribution is -0.0946. The SMILES string of the molecule is CCNC(=NCC1(C)COC1)N1CCSC(C)(C)C1.I. The molecule has 2 rings (SSSR count). The number of guanidine groups is 1. The molecule has 0 radical (unpaired) electrons. The summed E-state index contributed by atoms with van der Waals surface area (Å²) in [5, 5.41) is 3.44. The van der Waals surface area contributed by atoms with Crippen LogP contribution in [0.5, 0.6) is 0 Å². The van der Waals surface area contributed by atoms with E-state index in [0.717, 1.165) is 45.4 Å². The van der Waals surface area contributed by atoms with Crippen molar-refractivity contribution < 1.29 is 4.74 Å². The van der Waals surface area contributed by atoms with Crippen LogP contribution in [0.25, 0.3) is 0 Å². The smallest absolute Gasteiger partial charge is 0.194 e. The first-order valence-corrected chi connectivity index (χ1v) is 8.18. The molecule has 4 nitrogen and oxygen atoms in total. The third-order valence-electron chi connectivity index (χ3n) is 3.57. The van der Waals surface area contributed by atoms with Crippen LogP contribution in [0, 0.1) is 5.41 Å². The van der Waals surface area contributed by atoms with Gasteiger partial charge in [0.25, 0.3) is 0 Å². The lowest BCUT2D eigenvalue weighted by atomic mass is 9.89. The minimum atomic E-state index is 0. The summed E-state index contributed by atoms with van der Waals surface area (Å²) in [6.45, 7) is 14.6. The van der Waals surface area contributed by atoms with Crippen molar-refractivity contribution >= 4 is 41.7 Å². The lowest BCUT2D eigenvalue weighted by Crippen LogP contribution is -2.51. The Bertz CT molecular complexity index is 345. The number of halogens is 1. The van der Waals surface area contributed by atoms with Crippen LogP contribution in [0.2, 0.25) is 0 Å². The molecule has 0 aromatic carbocycles. The second-order valence-electron chi connectivity index (χ2n) is 6.50. The topological polar surface area (TPSA) is 36.9 Å². The summed E-state index contributed by atoms with van der Waals surface area (Å²) in [5.74, 6) is 2.25. The Morgan fingerprint density at radius 3 is 2.55 bits per heavy atom. The molecule has 20 heavy (non-hydrogen) atoms. The largest absolute Gasteiger partial charge is 0.380 e. The van der Waals surface area contributed by atoms with Gasteiger partial charge in [-0.1, -0.05) is 6.92 Å². The number of hydrogen-bond donors (Lipinski definition) is 1. The van der Waals surface area contributed by atoms with E-state index in [2.05, 4.69) is 49.7 Å². The van der Waals surface area contributed by atoms with E-state index in [-0.39, 0.29) is 29.4 Å². The number of nitrogens with one attached hydrogen (secondary N) is 1. The molecule has 0 amide bonds. The molecule has 2 heterocycles. The molecule has 1 N–H and O–H groups in total. The third kappa shape index (κ3) is 4.94. The zero-order valence-corrected chi connectivity index (χ0v) is 16.2. The fourth-order valence-corrected chi connectivity index (χ4v) is 3.54. The van der Waals surface area contributed by atoms with Crippen LogP contribution in [-0.4, -0.2) is 60.8 Å². The number of ether oxygens (including phenoxy) is 1. The molecule has 0 bridgehead atoms. The number of aliphatic imine (C=N–C) groups is 1. The molecule has 0 saturated carbocycles. The maximum absolute atomic E-state index is 5.30. The Balaban J connectivity index is 0.00000200. The Labute approximate surface area is 144 Å².